The van der Waals surface area contributed by atoms with E-state index in [0.717, 1.165) is 0 Å². The Morgan fingerprint density at radius 2 is 2.11 bits per heavy atom. The average molecular weight is 276 g/mol. The van der Waals surface area contributed by atoms with Crippen molar-refractivity contribution in [2.45, 2.75) is 19.2 Å². The van der Waals surface area contributed by atoms with E-state index in [2.05, 4.69) is 15.4 Å². The molecule has 0 spiro atoms. The molecule has 1 aromatic rings. The van der Waals surface area contributed by atoms with Crippen LogP contribution in [-0.4, -0.2) is 25.9 Å². The molecule has 19 heavy (non-hydrogen) atoms. The summed E-state index contributed by atoms with van der Waals surface area (Å²) < 4.78 is 39.9. The molecule has 2 N–H and O–H groups in total. The van der Waals surface area contributed by atoms with E-state index in [9.17, 15) is 18.0 Å². The van der Waals surface area contributed by atoms with E-state index in [4.69, 9.17) is 0 Å². The highest BCUT2D eigenvalue weighted by atomic mass is 19.4. The number of halogens is 3. The highest BCUT2D eigenvalue weighted by Crippen LogP contribution is 2.24. The number of alkyl halides is 3. The van der Waals surface area contributed by atoms with Gasteiger partial charge in [-0.2, -0.15) is 0 Å². The summed E-state index contributed by atoms with van der Waals surface area (Å²) in [4.78, 5) is 11.0. The van der Waals surface area contributed by atoms with Crippen LogP contribution >= 0.6 is 0 Å². The second-order valence-corrected chi connectivity index (χ2v) is 3.78. The molecule has 0 saturated carbocycles. The van der Waals surface area contributed by atoms with Crippen molar-refractivity contribution < 1.29 is 22.7 Å². The van der Waals surface area contributed by atoms with Crippen LogP contribution in [0.3, 0.4) is 0 Å². The van der Waals surface area contributed by atoms with Crippen LogP contribution in [0.25, 0.3) is 0 Å². The summed E-state index contributed by atoms with van der Waals surface area (Å²) in [6.07, 6.45) is -3.75. The van der Waals surface area contributed by atoms with Gasteiger partial charge in [0.25, 0.3) is 0 Å². The van der Waals surface area contributed by atoms with Gasteiger partial charge in [-0.25, -0.2) is 0 Å². The third-order valence-electron chi connectivity index (χ3n) is 2.26. The smallest absolute Gasteiger partial charge is 0.406 e. The molecule has 1 amide bonds. The van der Waals surface area contributed by atoms with E-state index in [1.165, 1.54) is 18.2 Å². The lowest BCUT2D eigenvalue weighted by Crippen LogP contribution is -2.18. The van der Waals surface area contributed by atoms with Crippen LogP contribution in [0, 0.1) is 0 Å². The van der Waals surface area contributed by atoms with Crippen molar-refractivity contribution in [2.24, 2.45) is 0 Å². The predicted molar refractivity (Wildman–Crippen MR) is 64.9 cm³/mol. The minimum absolute atomic E-state index is 0.0732. The van der Waals surface area contributed by atoms with Gasteiger partial charge in [-0.3, -0.25) is 4.79 Å². The first-order valence-electron chi connectivity index (χ1n) is 5.71. The molecule has 106 valence electrons. The quantitative estimate of drug-likeness (QED) is 0.785. The third kappa shape index (κ3) is 6.54. The zero-order valence-corrected chi connectivity index (χ0v) is 10.4. The topological polar surface area (TPSA) is 50.4 Å². The SMILES string of the molecule is CNC(=O)CCCNc1cccc(OC(F)(F)F)c1. The van der Waals surface area contributed by atoms with E-state index < -0.39 is 6.36 Å². The van der Waals surface area contributed by atoms with Crippen molar-refractivity contribution in [3.05, 3.63) is 24.3 Å². The molecule has 7 heteroatoms. The Morgan fingerprint density at radius 3 is 2.74 bits per heavy atom. The summed E-state index contributed by atoms with van der Waals surface area (Å²) in [6, 6.07) is 5.57. The molecular formula is C12H15F3N2O2. The van der Waals surface area contributed by atoms with E-state index in [-0.39, 0.29) is 11.7 Å². The van der Waals surface area contributed by atoms with Gasteiger partial charge in [0.1, 0.15) is 5.75 Å². The second kappa shape index (κ2) is 6.86. The highest BCUT2D eigenvalue weighted by molar-refractivity contribution is 5.75. The molecule has 1 rings (SSSR count). The molecule has 0 radical (unpaired) electrons. The normalized spacial score (nSPS) is 10.9. The van der Waals surface area contributed by atoms with Gasteiger partial charge >= 0.3 is 6.36 Å². The first-order chi connectivity index (χ1) is 8.90. The molecule has 0 atom stereocenters. The number of amides is 1. The van der Waals surface area contributed by atoms with E-state index in [1.54, 1.807) is 13.1 Å². The van der Waals surface area contributed by atoms with Gasteiger partial charge in [0.15, 0.2) is 0 Å². The number of hydrogen-bond acceptors (Lipinski definition) is 3. The van der Waals surface area contributed by atoms with Crippen molar-refractivity contribution in [3.8, 4) is 5.75 Å². The summed E-state index contributed by atoms with van der Waals surface area (Å²) in [6.45, 7) is 0.489. The zero-order chi connectivity index (χ0) is 14.3. The van der Waals surface area contributed by atoms with E-state index in [1.807, 2.05) is 0 Å². The van der Waals surface area contributed by atoms with Crippen LogP contribution in [0.5, 0.6) is 5.75 Å². The standard InChI is InChI=1S/C12H15F3N2O2/c1-16-11(18)6-3-7-17-9-4-2-5-10(8-9)19-12(13,14)15/h2,4-5,8,17H,3,6-7H2,1H3,(H,16,18). The minimum atomic E-state index is -4.70. The molecule has 1 aromatic carbocycles. The van der Waals surface area contributed by atoms with Crippen LogP contribution < -0.4 is 15.4 Å². The number of hydrogen-bond donors (Lipinski definition) is 2. The highest BCUT2D eigenvalue weighted by Gasteiger charge is 2.31. The average Bonchev–Trinajstić information content (AvgIpc) is 2.32. The van der Waals surface area contributed by atoms with Gasteiger partial charge in [0, 0.05) is 31.8 Å². The fourth-order valence-electron chi connectivity index (χ4n) is 1.41. The number of benzene rings is 1. The zero-order valence-electron chi connectivity index (χ0n) is 10.4. The van der Waals surface area contributed by atoms with Gasteiger partial charge in [0.2, 0.25) is 5.91 Å². The molecule has 0 aliphatic carbocycles. The molecule has 4 nitrogen and oxygen atoms in total. The Morgan fingerprint density at radius 1 is 1.37 bits per heavy atom. The number of carbonyl (C=O) groups excluding carboxylic acids is 1. The Balaban J connectivity index is 2.42. The van der Waals surface area contributed by atoms with Crippen molar-refractivity contribution in [3.63, 3.8) is 0 Å². The maximum absolute atomic E-state index is 12.0. The minimum Gasteiger partial charge on any atom is -0.406 e. The lowest BCUT2D eigenvalue weighted by molar-refractivity contribution is -0.274. The number of carbonyl (C=O) groups is 1. The van der Waals surface area contributed by atoms with Crippen LogP contribution in [0.2, 0.25) is 0 Å². The molecular weight excluding hydrogens is 261 g/mol. The fourth-order valence-corrected chi connectivity index (χ4v) is 1.41. The monoisotopic (exact) mass is 276 g/mol. The first kappa shape index (κ1) is 15.1. The van der Waals surface area contributed by atoms with Gasteiger partial charge in [-0.1, -0.05) is 6.07 Å². The number of ether oxygens (including phenoxy) is 1. The summed E-state index contributed by atoms with van der Waals surface area (Å²) in [7, 11) is 1.55. The number of nitrogens with one attached hydrogen (secondary N) is 2. The van der Waals surface area contributed by atoms with Gasteiger partial charge in [-0.15, -0.1) is 13.2 Å². The Labute approximate surface area is 108 Å². The predicted octanol–water partition coefficient (Wildman–Crippen LogP) is 2.52. The van der Waals surface area contributed by atoms with Crippen molar-refractivity contribution in [1.29, 1.82) is 0 Å². The van der Waals surface area contributed by atoms with Crippen LogP contribution in [0.1, 0.15) is 12.8 Å². The molecule has 0 saturated heterocycles. The van der Waals surface area contributed by atoms with Crippen LogP contribution in [0.15, 0.2) is 24.3 Å². The van der Waals surface area contributed by atoms with Crippen LogP contribution in [-0.2, 0) is 4.79 Å². The number of rotatable bonds is 6. The summed E-state index contributed by atoms with van der Waals surface area (Å²) in [5.41, 5.74) is 0.513. The van der Waals surface area contributed by atoms with Gasteiger partial charge in [-0.05, 0) is 18.6 Å². The van der Waals surface area contributed by atoms with Gasteiger partial charge < -0.3 is 15.4 Å². The molecule has 0 aromatic heterocycles. The lowest BCUT2D eigenvalue weighted by Gasteiger charge is -2.11. The van der Waals surface area contributed by atoms with Crippen molar-refractivity contribution >= 4 is 11.6 Å². The number of anilines is 1. The summed E-state index contributed by atoms with van der Waals surface area (Å²) in [5.74, 6) is -0.347. The second-order valence-electron chi connectivity index (χ2n) is 3.78. The maximum atomic E-state index is 12.0. The maximum Gasteiger partial charge on any atom is 0.573 e. The van der Waals surface area contributed by atoms with Crippen molar-refractivity contribution in [2.75, 3.05) is 18.9 Å². The molecule has 0 heterocycles. The Kier molecular flexibility index (Phi) is 5.47. The molecule has 0 aliphatic rings. The Hall–Kier alpha value is -1.92. The van der Waals surface area contributed by atoms with E-state index in [0.29, 0.717) is 25.1 Å². The van der Waals surface area contributed by atoms with E-state index >= 15 is 0 Å². The van der Waals surface area contributed by atoms with Crippen LogP contribution in [0.4, 0.5) is 18.9 Å². The fraction of sp³-hybridized carbons (Fsp3) is 0.417. The van der Waals surface area contributed by atoms with Crippen molar-refractivity contribution in [1.82, 2.24) is 5.32 Å². The molecule has 0 fully saturated rings. The largest absolute Gasteiger partial charge is 0.573 e. The Bertz CT molecular complexity index is 422. The van der Waals surface area contributed by atoms with Gasteiger partial charge in [0.05, 0.1) is 0 Å². The molecule has 0 aliphatic heterocycles. The molecule has 0 bridgehead atoms. The lowest BCUT2D eigenvalue weighted by atomic mass is 10.2. The molecule has 0 unspecified atom stereocenters. The third-order valence-corrected chi connectivity index (χ3v) is 2.26. The summed E-state index contributed by atoms with van der Waals surface area (Å²) in [5, 5.41) is 5.41. The first-order valence-corrected chi connectivity index (χ1v) is 5.71. The summed E-state index contributed by atoms with van der Waals surface area (Å²) >= 11 is 0.